The van der Waals surface area contributed by atoms with Gasteiger partial charge in [-0.25, -0.2) is 25.9 Å². The Bertz CT molecular complexity index is 661. The molecule has 132 valence electrons. The summed E-state index contributed by atoms with van der Waals surface area (Å²) in [4.78, 5) is 0. The monoisotopic (exact) mass is 363 g/mol. The van der Waals surface area contributed by atoms with Crippen LogP contribution in [-0.2, 0) is 26.5 Å². The third kappa shape index (κ3) is 7.40. The normalized spacial score (nSPS) is 12.7. The summed E-state index contributed by atoms with van der Waals surface area (Å²) in [6.07, 6.45) is 0.584. The number of hydrogen-bond donors (Lipinski definition) is 2. The van der Waals surface area contributed by atoms with Crippen LogP contribution in [0.3, 0.4) is 0 Å². The maximum absolute atomic E-state index is 12.4. The van der Waals surface area contributed by atoms with E-state index in [2.05, 4.69) is 4.72 Å². The average Bonchev–Trinajstić information content (AvgIpc) is 2.52. The van der Waals surface area contributed by atoms with Crippen LogP contribution in [0.2, 0.25) is 0 Å². The van der Waals surface area contributed by atoms with E-state index >= 15 is 0 Å². The lowest BCUT2D eigenvalue weighted by molar-refractivity contribution is 0.421. The standard InChI is InChI=1S/C14H25N3O4S2/c1-2-22(18,19)16-10-13-23(20,21)17(12-9-15)11-8-14-6-4-3-5-7-14/h3-7,16H,2,8-13,15H2,1H3. The molecule has 0 atom stereocenters. The highest BCUT2D eigenvalue weighted by molar-refractivity contribution is 7.90. The van der Waals surface area contributed by atoms with Crippen LogP contribution >= 0.6 is 0 Å². The van der Waals surface area contributed by atoms with Crippen LogP contribution < -0.4 is 10.5 Å². The lowest BCUT2D eigenvalue weighted by atomic mass is 10.1. The molecule has 0 aliphatic rings. The molecular weight excluding hydrogens is 338 g/mol. The fourth-order valence-electron chi connectivity index (χ4n) is 1.99. The van der Waals surface area contributed by atoms with Crippen molar-refractivity contribution in [3.8, 4) is 0 Å². The van der Waals surface area contributed by atoms with E-state index < -0.39 is 20.0 Å². The first kappa shape index (κ1) is 20.0. The molecule has 1 aromatic rings. The van der Waals surface area contributed by atoms with Crippen LogP contribution in [0.4, 0.5) is 0 Å². The average molecular weight is 364 g/mol. The van der Waals surface area contributed by atoms with Crippen LogP contribution in [0.15, 0.2) is 30.3 Å². The minimum Gasteiger partial charge on any atom is -0.329 e. The molecule has 7 nitrogen and oxygen atoms in total. The molecule has 0 saturated carbocycles. The van der Waals surface area contributed by atoms with Crippen molar-refractivity contribution < 1.29 is 16.8 Å². The summed E-state index contributed by atoms with van der Waals surface area (Å²) in [6.45, 7) is 2.12. The number of nitrogens with zero attached hydrogens (tertiary/aromatic N) is 1. The van der Waals surface area contributed by atoms with Crippen molar-refractivity contribution in [2.75, 3.05) is 37.7 Å². The van der Waals surface area contributed by atoms with Gasteiger partial charge >= 0.3 is 0 Å². The van der Waals surface area contributed by atoms with Crippen LogP contribution in [0.5, 0.6) is 0 Å². The van der Waals surface area contributed by atoms with E-state index in [0.29, 0.717) is 13.0 Å². The number of sulfonamides is 2. The van der Waals surface area contributed by atoms with Gasteiger partial charge < -0.3 is 5.73 Å². The number of benzene rings is 1. The zero-order chi connectivity index (χ0) is 17.3. The van der Waals surface area contributed by atoms with E-state index in [0.717, 1.165) is 5.56 Å². The van der Waals surface area contributed by atoms with Crippen LogP contribution in [0, 0.1) is 0 Å². The SMILES string of the molecule is CCS(=O)(=O)NCCS(=O)(=O)N(CCN)CCc1ccccc1. The maximum atomic E-state index is 12.4. The van der Waals surface area contributed by atoms with Crippen molar-refractivity contribution in [1.29, 1.82) is 0 Å². The van der Waals surface area contributed by atoms with Gasteiger partial charge in [0.2, 0.25) is 20.0 Å². The minimum absolute atomic E-state index is 0.0758. The first-order valence-corrected chi connectivity index (χ1v) is 10.8. The van der Waals surface area contributed by atoms with E-state index in [1.807, 2.05) is 30.3 Å². The zero-order valence-electron chi connectivity index (χ0n) is 13.3. The summed E-state index contributed by atoms with van der Waals surface area (Å²) in [5.41, 5.74) is 6.54. The molecule has 0 spiro atoms. The second-order valence-corrected chi connectivity index (χ2v) is 9.22. The van der Waals surface area contributed by atoms with Crippen LogP contribution in [0.1, 0.15) is 12.5 Å². The molecule has 1 aromatic carbocycles. The second kappa shape index (κ2) is 9.33. The van der Waals surface area contributed by atoms with Crippen molar-refractivity contribution in [2.24, 2.45) is 5.73 Å². The predicted octanol–water partition coefficient (Wildman–Crippen LogP) is -0.241. The predicted molar refractivity (Wildman–Crippen MR) is 92.0 cm³/mol. The highest BCUT2D eigenvalue weighted by atomic mass is 32.2. The number of nitrogens with one attached hydrogen (secondary N) is 1. The van der Waals surface area contributed by atoms with Gasteiger partial charge in [0.1, 0.15) is 0 Å². The number of rotatable bonds is 11. The number of nitrogens with two attached hydrogens (primary N) is 1. The maximum Gasteiger partial charge on any atom is 0.215 e. The van der Waals surface area contributed by atoms with Gasteiger partial charge in [0.25, 0.3) is 0 Å². The Labute approximate surface area is 139 Å². The van der Waals surface area contributed by atoms with E-state index in [4.69, 9.17) is 5.73 Å². The summed E-state index contributed by atoms with van der Waals surface area (Å²) in [7, 11) is -6.95. The van der Waals surface area contributed by atoms with E-state index in [-0.39, 0.29) is 31.1 Å². The molecule has 0 fully saturated rings. The zero-order valence-corrected chi connectivity index (χ0v) is 14.9. The molecule has 0 radical (unpaired) electrons. The van der Waals surface area contributed by atoms with Gasteiger partial charge in [-0.1, -0.05) is 30.3 Å². The third-order valence-electron chi connectivity index (χ3n) is 3.33. The van der Waals surface area contributed by atoms with Crippen molar-refractivity contribution in [3.05, 3.63) is 35.9 Å². The molecule has 0 saturated heterocycles. The van der Waals surface area contributed by atoms with Gasteiger partial charge in [0.15, 0.2) is 0 Å². The van der Waals surface area contributed by atoms with Gasteiger partial charge in [-0.15, -0.1) is 0 Å². The Morgan fingerprint density at radius 2 is 1.74 bits per heavy atom. The van der Waals surface area contributed by atoms with Crippen molar-refractivity contribution in [2.45, 2.75) is 13.3 Å². The van der Waals surface area contributed by atoms with E-state index in [9.17, 15) is 16.8 Å². The lowest BCUT2D eigenvalue weighted by Gasteiger charge is -2.21. The second-order valence-electron chi connectivity index (χ2n) is 5.04. The van der Waals surface area contributed by atoms with Crippen LogP contribution in [-0.4, -0.2) is 58.8 Å². The summed E-state index contributed by atoms with van der Waals surface area (Å²) in [6, 6.07) is 9.57. The molecule has 0 unspecified atom stereocenters. The topological polar surface area (TPSA) is 110 Å². The highest BCUT2D eigenvalue weighted by Crippen LogP contribution is 2.06. The fraction of sp³-hybridized carbons (Fsp3) is 0.571. The molecular formula is C14H25N3O4S2. The molecule has 0 aliphatic heterocycles. The summed E-state index contributed by atoms with van der Waals surface area (Å²) in [5.74, 6) is -0.353. The summed E-state index contributed by atoms with van der Waals surface area (Å²) >= 11 is 0. The molecule has 0 bridgehead atoms. The minimum atomic E-state index is -3.56. The Hall–Kier alpha value is -1.00. The van der Waals surface area contributed by atoms with E-state index in [1.54, 1.807) is 0 Å². The first-order chi connectivity index (χ1) is 10.8. The third-order valence-corrected chi connectivity index (χ3v) is 6.60. The molecule has 0 amide bonds. The largest absolute Gasteiger partial charge is 0.329 e. The number of hydrogen-bond acceptors (Lipinski definition) is 5. The van der Waals surface area contributed by atoms with Gasteiger partial charge in [-0.05, 0) is 18.9 Å². The Morgan fingerprint density at radius 3 is 2.30 bits per heavy atom. The van der Waals surface area contributed by atoms with Crippen molar-refractivity contribution in [1.82, 2.24) is 9.03 Å². The summed E-state index contributed by atoms with van der Waals surface area (Å²) in [5, 5.41) is 0. The Morgan fingerprint density at radius 1 is 1.09 bits per heavy atom. The van der Waals surface area contributed by atoms with E-state index in [1.165, 1.54) is 11.2 Å². The quantitative estimate of drug-likeness (QED) is 0.564. The van der Waals surface area contributed by atoms with Gasteiger partial charge in [-0.2, -0.15) is 0 Å². The molecule has 3 N–H and O–H groups in total. The molecule has 0 heterocycles. The lowest BCUT2D eigenvalue weighted by Crippen LogP contribution is -2.41. The van der Waals surface area contributed by atoms with Gasteiger partial charge in [-0.3, -0.25) is 0 Å². The fourth-order valence-corrected chi connectivity index (χ4v) is 4.11. The Balaban J connectivity index is 2.63. The van der Waals surface area contributed by atoms with Crippen LogP contribution in [0.25, 0.3) is 0 Å². The Kier molecular flexibility index (Phi) is 8.13. The van der Waals surface area contributed by atoms with Crippen molar-refractivity contribution in [3.63, 3.8) is 0 Å². The molecule has 23 heavy (non-hydrogen) atoms. The van der Waals surface area contributed by atoms with Gasteiger partial charge in [0, 0.05) is 26.2 Å². The first-order valence-electron chi connectivity index (χ1n) is 7.50. The molecule has 0 aliphatic carbocycles. The molecule has 0 aromatic heterocycles. The van der Waals surface area contributed by atoms with Crippen molar-refractivity contribution >= 4 is 20.0 Å². The van der Waals surface area contributed by atoms with Gasteiger partial charge in [0.05, 0.1) is 11.5 Å². The highest BCUT2D eigenvalue weighted by Gasteiger charge is 2.21. The molecule has 1 rings (SSSR count). The summed E-state index contributed by atoms with van der Waals surface area (Å²) < 4.78 is 51.0. The smallest absolute Gasteiger partial charge is 0.215 e. The molecule has 9 heteroatoms.